The fourth-order valence-electron chi connectivity index (χ4n) is 1.74. The van der Waals surface area contributed by atoms with Crippen LogP contribution in [0.5, 0.6) is 5.75 Å². The minimum Gasteiger partial charge on any atom is -0.494 e. The highest BCUT2D eigenvalue weighted by molar-refractivity contribution is 7.18. The molecule has 0 spiro atoms. The highest BCUT2D eigenvalue weighted by Crippen LogP contribution is 2.31. The van der Waals surface area contributed by atoms with Gasteiger partial charge in [-0.1, -0.05) is 44.2 Å². The van der Waals surface area contributed by atoms with E-state index >= 15 is 0 Å². The molecule has 0 saturated carbocycles. The molecule has 1 aromatic heterocycles. The molecule has 0 fully saturated rings. The average molecular weight is 290 g/mol. The maximum Gasteiger partial charge on any atom is 0.183 e. The first-order valence-corrected chi connectivity index (χ1v) is 7.93. The van der Waals surface area contributed by atoms with Crippen molar-refractivity contribution in [2.75, 3.05) is 18.5 Å². The Labute approximate surface area is 125 Å². The van der Waals surface area contributed by atoms with Gasteiger partial charge in [0.25, 0.3) is 0 Å². The van der Waals surface area contributed by atoms with Gasteiger partial charge in [0.2, 0.25) is 0 Å². The first-order chi connectivity index (χ1) is 9.69. The third-order valence-corrected chi connectivity index (χ3v) is 3.76. The number of thiazole rings is 1. The molecule has 2 rings (SSSR count). The minimum atomic E-state index is 0.619. The standard InChI is InChI=1S/C16H22N2OS/c1-4-8-19-14-7-5-6-13(9-14)15-11-18-16(20-15)17-10-12(2)3/h5-7,9,11-12H,4,8,10H2,1-3H3,(H,17,18). The Bertz CT molecular complexity index is 537. The summed E-state index contributed by atoms with van der Waals surface area (Å²) in [6.07, 6.45) is 2.94. The molecule has 0 bridgehead atoms. The van der Waals surface area contributed by atoms with Gasteiger partial charge in [-0.25, -0.2) is 4.98 Å². The molecule has 0 aliphatic heterocycles. The van der Waals surface area contributed by atoms with Crippen molar-refractivity contribution in [3.8, 4) is 16.2 Å². The zero-order valence-electron chi connectivity index (χ0n) is 12.3. The predicted molar refractivity (Wildman–Crippen MR) is 86.7 cm³/mol. The van der Waals surface area contributed by atoms with Gasteiger partial charge in [-0.15, -0.1) is 0 Å². The van der Waals surface area contributed by atoms with Gasteiger partial charge in [-0.3, -0.25) is 0 Å². The Kier molecular flexibility index (Phi) is 5.41. The fraction of sp³-hybridized carbons (Fsp3) is 0.438. The molecule has 0 saturated heterocycles. The van der Waals surface area contributed by atoms with Crippen molar-refractivity contribution in [1.82, 2.24) is 4.98 Å². The second kappa shape index (κ2) is 7.29. The topological polar surface area (TPSA) is 34.1 Å². The first kappa shape index (κ1) is 14.9. The Hall–Kier alpha value is -1.55. The molecule has 4 heteroatoms. The molecule has 1 N–H and O–H groups in total. The average Bonchev–Trinajstić information content (AvgIpc) is 2.92. The van der Waals surface area contributed by atoms with Crippen LogP contribution in [0.25, 0.3) is 10.4 Å². The smallest absolute Gasteiger partial charge is 0.183 e. The van der Waals surface area contributed by atoms with E-state index in [0.29, 0.717) is 5.92 Å². The molecule has 0 radical (unpaired) electrons. The van der Waals surface area contributed by atoms with E-state index in [2.05, 4.69) is 43.2 Å². The summed E-state index contributed by atoms with van der Waals surface area (Å²) in [5.41, 5.74) is 1.16. The van der Waals surface area contributed by atoms with Gasteiger partial charge in [-0.2, -0.15) is 0 Å². The minimum absolute atomic E-state index is 0.619. The van der Waals surface area contributed by atoms with E-state index in [1.54, 1.807) is 11.3 Å². The third-order valence-electron chi connectivity index (χ3n) is 2.76. The van der Waals surface area contributed by atoms with Crippen LogP contribution < -0.4 is 10.1 Å². The highest BCUT2D eigenvalue weighted by atomic mass is 32.1. The lowest BCUT2D eigenvalue weighted by atomic mass is 10.2. The van der Waals surface area contributed by atoms with Crippen LogP contribution in [0.3, 0.4) is 0 Å². The molecule has 0 aliphatic rings. The molecule has 0 unspecified atom stereocenters. The van der Waals surface area contributed by atoms with Crippen molar-refractivity contribution in [3.05, 3.63) is 30.5 Å². The molecular weight excluding hydrogens is 268 g/mol. The van der Waals surface area contributed by atoms with E-state index in [1.807, 2.05) is 18.3 Å². The molecule has 0 atom stereocenters. The zero-order valence-corrected chi connectivity index (χ0v) is 13.2. The van der Waals surface area contributed by atoms with E-state index < -0.39 is 0 Å². The van der Waals surface area contributed by atoms with Crippen molar-refractivity contribution in [2.45, 2.75) is 27.2 Å². The normalized spacial score (nSPS) is 10.8. The van der Waals surface area contributed by atoms with Crippen LogP contribution in [0.15, 0.2) is 30.5 Å². The van der Waals surface area contributed by atoms with Crippen molar-refractivity contribution < 1.29 is 4.74 Å². The first-order valence-electron chi connectivity index (χ1n) is 7.12. The Balaban J connectivity index is 2.07. The molecule has 20 heavy (non-hydrogen) atoms. The summed E-state index contributed by atoms with van der Waals surface area (Å²) in [6, 6.07) is 8.20. The van der Waals surface area contributed by atoms with Gasteiger partial charge < -0.3 is 10.1 Å². The van der Waals surface area contributed by atoms with Crippen molar-refractivity contribution >= 4 is 16.5 Å². The number of hydrogen-bond acceptors (Lipinski definition) is 4. The van der Waals surface area contributed by atoms with Gasteiger partial charge in [-0.05, 0) is 30.0 Å². The SMILES string of the molecule is CCCOc1cccc(-c2cnc(NCC(C)C)s2)c1. The molecule has 108 valence electrons. The van der Waals surface area contributed by atoms with Crippen molar-refractivity contribution in [2.24, 2.45) is 5.92 Å². The van der Waals surface area contributed by atoms with Crippen molar-refractivity contribution in [3.63, 3.8) is 0 Å². The maximum atomic E-state index is 5.67. The van der Waals surface area contributed by atoms with Gasteiger partial charge in [0.05, 0.1) is 11.5 Å². The van der Waals surface area contributed by atoms with Gasteiger partial charge in [0, 0.05) is 12.7 Å². The second-order valence-corrected chi connectivity index (χ2v) is 6.21. The Morgan fingerprint density at radius 3 is 2.95 bits per heavy atom. The van der Waals surface area contributed by atoms with Crippen LogP contribution in [-0.2, 0) is 0 Å². The number of rotatable bonds is 7. The van der Waals surface area contributed by atoms with Crippen LogP contribution >= 0.6 is 11.3 Å². The predicted octanol–water partition coefficient (Wildman–Crippen LogP) is 4.67. The molecule has 1 heterocycles. The van der Waals surface area contributed by atoms with E-state index in [0.717, 1.165) is 36.0 Å². The number of ether oxygens (including phenoxy) is 1. The fourth-order valence-corrected chi connectivity index (χ4v) is 2.56. The molecule has 0 aliphatic carbocycles. The number of hydrogen-bond donors (Lipinski definition) is 1. The monoisotopic (exact) mass is 290 g/mol. The number of anilines is 1. The van der Waals surface area contributed by atoms with E-state index in [-0.39, 0.29) is 0 Å². The summed E-state index contributed by atoms with van der Waals surface area (Å²) >= 11 is 1.68. The van der Waals surface area contributed by atoms with E-state index in [9.17, 15) is 0 Å². The van der Waals surface area contributed by atoms with Crippen LogP contribution in [0.4, 0.5) is 5.13 Å². The molecule has 0 amide bonds. The quantitative estimate of drug-likeness (QED) is 0.805. The lowest BCUT2D eigenvalue weighted by molar-refractivity contribution is 0.317. The summed E-state index contributed by atoms with van der Waals surface area (Å²) in [6.45, 7) is 8.20. The lowest BCUT2D eigenvalue weighted by Crippen LogP contribution is -2.07. The summed E-state index contributed by atoms with van der Waals surface area (Å²) in [5.74, 6) is 1.54. The van der Waals surface area contributed by atoms with Crippen LogP contribution in [0.2, 0.25) is 0 Å². The molecular formula is C16H22N2OS. The van der Waals surface area contributed by atoms with E-state index in [1.165, 1.54) is 4.88 Å². The maximum absolute atomic E-state index is 5.67. The molecule has 2 aromatic rings. The number of nitrogens with zero attached hydrogens (tertiary/aromatic N) is 1. The second-order valence-electron chi connectivity index (χ2n) is 5.18. The number of nitrogens with one attached hydrogen (secondary N) is 1. The lowest BCUT2D eigenvalue weighted by Gasteiger charge is -2.06. The Morgan fingerprint density at radius 2 is 2.20 bits per heavy atom. The molecule has 1 aromatic carbocycles. The Morgan fingerprint density at radius 1 is 1.35 bits per heavy atom. The number of benzene rings is 1. The van der Waals surface area contributed by atoms with Crippen LogP contribution in [-0.4, -0.2) is 18.1 Å². The van der Waals surface area contributed by atoms with Crippen LogP contribution in [0.1, 0.15) is 27.2 Å². The van der Waals surface area contributed by atoms with Crippen molar-refractivity contribution in [1.29, 1.82) is 0 Å². The van der Waals surface area contributed by atoms with Crippen LogP contribution in [0, 0.1) is 5.92 Å². The van der Waals surface area contributed by atoms with Gasteiger partial charge in [0.15, 0.2) is 5.13 Å². The summed E-state index contributed by atoms with van der Waals surface area (Å²) < 4.78 is 5.67. The van der Waals surface area contributed by atoms with Gasteiger partial charge in [0.1, 0.15) is 5.75 Å². The third kappa shape index (κ3) is 4.23. The summed E-state index contributed by atoms with van der Waals surface area (Å²) in [4.78, 5) is 5.59. The summed E-state index contributed by atoms with van der Waals surface area (Å²) in [5, 5.41) is 4.34. The summed E-state index contributed by atoms with van der Waals surface area (Å²) in [7, 11) is 0. The van der Waals surface area contributed by atoms with E-state index in [4.69, 9.17) is 4.74 Å². The zero-order chi connectivity index (χ0) is 14.4. The largest absolute Gasteiger partial charge is 0.494 e. The number of aromatic nitrogens is 1. The highest BCUT2D eigenvalue weighted by Gasteiger charge is 2.06. The van der Waals surface area contributed by atoms with Gasteiger partial charge >= 0.3 is 0 Å². The molecule has 3 nitrogen and oxygen atoms in total.